The molecule has 7 heavy (non-hydrogen) atoms. The molecular formula is C3H9BNO2. The van der Waals surface area contributed by atoms with Crippen molar-refractivity contribution in [3.05, 3.63) is 0 Å². The van der Waals surface area contributed by atoms with Crippen LogP contribution < -0.4 is 6.15 Å². The predicted molar refractivity (Wildman–Crippen MR) is 28.7 cm³/mol. The molecule has 4 heteroatoms. The number of aliphatic carboxylic acids is 1. The van der Waals surface area contributed by atoms with Crippen LogP contribution in [0.5, 0.6) is 0 Å². The van der Waals surface area contributed by atoms with Gasteiger partial charge in [0.2, 0.25) is 0 Å². The van der Waals surface area contributed by atoms with E-state index in [2.05, 4.69) is 0 Å². The highest BCUT2D eigenvalue weighted by Gasteiger charge is 1.80. The summed E-state index contributed by atoms with van der Waals surface area (Å²) in [7, 11) is 0. The number of carboxylic acid groups (broad SMARTS) is 1. The fraction of sp³-hybridized carbons (Fsp3) is 0.667. The molecule has 0 saturated carbocycles. The van der Waals surface area contributed by atoms with Crippen LogP contribution in [0.2, 0.25) is 0 Å². The van der Waals surface area contributed by atoms with Gasteiger partial charge >= 0.3 is 5.97 Å². The molecule has 4 N–H and O–H groups in total. The van der Waals surface area contributed by atoms with Gasteiger partial charge in [-0.2, -0.15) is 0 Å². The molecule has 0 aromatic heterocycles. The van der Waals surface area contributed by atoms with Crippen molar-refractivity contribution >= 4 is 14.4 Å². The zero-order chi connectivity index (χ0) is 4.28. The lowest BCUT2D eigenvalue weighted by atomic mass is 10.5. The summed E-state index contributed by atoms with van der Waals surface area (Å²) >= 11 is 0. The first-order valence-corrected chi connectivity index (χ1v) is 1.49. The van der Waals surface area contributed by atoms with Crippen LogP contribution in [0.25, 0.3) is 0 Å². The number of carboxylic acids is 1. The smallest absolute Gasteiger partial charge is 0.303 e. The summed E-state index contributed by atoms with van der Waals surface area (Å²) < 4.78 is 0. The minimum atomic E-state index is -0.745. The third kappa shape index (κ3) is 30.0. The van der Waals surface area contributed by atoms with E-state index in [1.165, 1.54) is 0 Å². The van der Waals surface area contributed by atoms with Gasteiger partial charge in [-0.15, -0.1) is 0 Å². The van der Waals surface area contributed by atoms with E-state index in [1.807, 2.05) is 0 Å². The fourth-order valence-electron chi connectivity index (χ4n) is 0. The van der Waals surface area contributed by atoms with Gasteiger partial charge in [0.15, 0.2) is 0 Å². The standard InChI is InChI=1S/C3H6O2.B.H3N/c1-2-3(4)5;;/h2H2,1H3,(H,4,5);;1H3. The second-order valence-corrected chi connectivity index (χ2v) is 0.747. The van der Waals surface area contributed by atoms with E-state index in [0.29, 0.717) is 0 Å². The normalized spacial score (nSPS) is 5.29. The van der Waals surface area contributed by atoms with Crippen LogP contribution in [0.4, 0.5) is 0 Å². The zero-order valence-corrected chi connectivity index (χ0v) is 4.35. The Bertz CT molecular complexity index is 48.2. The Morgan fingerprint density at radius 2 is 1.86 bits per heavy atom. The van der Waals surface area contributed by atoms with Crippen molar-refractivity contribution in [1.82, 2.24) is 6.15 Å². The molecule has 0 aliphatic rings. The van der Waals surface area contributed by atoms with Crippen LogP contribution in [-0.4, -0.2) is 19.5 Å². The van der Waals surface area contributed by atoms with Gasteiger partial charge in [0.05, 0.1) is 0 Å². The molecule has 0 fully saturated rings. The summed E-state index contributed by atoms with van der Waals surface area (Å²) in [5, 5.41) is 7.72. The van der Waals surface area contributed by atoms with Crippen molar-refractivity contribution in [2.45, 2.75) is 13.3 Å². The Kier molecular flexibility index (Phi) is 20.8. The molecule has 0 bridgehead atoms. The molecule has 0 aliphatic heterocycles. The maximum atomic E-state index is 9.37. The van der Waals surface area contributed by atoms with Gasteiger partial charge < -0.3 is 11.3 Å². The Balaban J connectivity index is -0.0000000800. The van der Waals surface area contributed by atoms with Gasteiger partial charge in [-0.05, 0) is 0 Å². The van der Waals surface area contributed by atoms with Crippen molar-refractivity contribution in [3.63, 3.8) is 0 Å². The van der Waals surface area contributed by atoms with Gasteiger partial charge in [0.25, 0.3) is 0 Å². The van der Waals surface area contributed by atoms with Crippen molar-refractivity contribution in [3.8, 4) is 0 Å². The van der Waals surface area contributed by atoms with E-state index >= 15 is 0 Å². The molecule has 0 amide bonds. The van der Waals surface area contributed by atoms with Crippen molar-refractivity contribution < 1.29 is 9.90 Å². The van der Waals surface area contributed by atoms with E-state index in [0.717, 1.165) is 0 Å². The molecule has 0 atom stereocenters. The topological polar surface area (TPSA) is 72.3 Å². The highest BCUT2D eigenvalue weighted by atomic mass is 16.4. The summed E-state index contributed by atoms with van der Waals surface area (Å²) in [5.41, 5.74) is 0. The molecule has 0 aromatic rings. The largest absolute Gasteiger partial charge is 0.481 e. The minimum absolute atomic E-state index is 0. The molecule has 0 heterocycles. The number of hydrogen-bond donors (Lipinski definition) is 2. The minimum Gasteiger partial charge on any atom is -0.481 e. The highest BCUT2D eigenvalue weighted by Crippen LogP contribution is 1.67. The van der Waals surface area contributed by atoms with E-state index in [4.69, 9.17) is 5.11 Å². The van der Waals surface area contributed by atoms with Gasteiger partial charge in [-0.3, -0.25) is 4.79 Å². The first kappa shape index (κ1) is 16.1. The highest BCUT2D eigenvalue weighted by molar-refractivity contribution is 5.75. The van der Waals surface area contributed by atoms with Gasteiger partial charge in [-0.1, -0.05) is 6.92 Å². The number of rotatable bonds is 1. The zero-order valence-electron chi connectivity index (χ0n) is 4.35. The lowest BCUT2D eigenvalue weighted by Gasteiger charge is -1.71. The van der Waals surface area contributed by atoms with E-state index < -0.39 is 5.97 Å². The molecule has 3 radical (unpaired) electrons. The Morgan fingerprint density at radius 3 is 1.86 bits per heavy atom. The Labute approximate surface area is 44.9 Å². The van der Waals surface area contributed by atoms with Gasteiger partial charge in [-0.25, -0.2) is 0 Å². The summed E-state index contributed by atoms with van der Waals surface area (Å²) in [5.74, 6) is -0.745. The molecule has 0 unspecified atom stereocenters. The third-order valence-electron chi connectivity index (χ3n) is 0.302. The summed E-state index contributed by atoms with van der Waals surface area (Å²) in [6, 6.07) is 0. The SMILES string of the molecule is CCC(=O)O.N.[B]. The maximum Gasteiger partial charge on any atom is 0.303 e. The molecule has 3 nitrogen and oxygen atoms in total. The van der Waals surface area contributed by atoms with Crippen LogP contribution >= 0.6 is 0 Å². The van der Waals surface area contributed by atoms with E-state index in [1.54, 1.807) is 6.92 Å². The number of carbonyl (C=O) groups is 1. The van der Waals surface area contributed by atoms with Crippen LogP contribution in [0.1, 0.15) is 13.3 Å². The van der Waals surface area contributed by atoms with Crippen LogP contribution in [-0.2, 0) is 4.79 Å². The molecule has 0 aliphatic carbocycles. The Hall–Kier alpha value is -0.505. The van der Waals surface area contributed by atoms with Gasteiger partial charge in [0, 0.05) is 14.8 Å². The second kappa shape index (κ2) is 9.09. The quantitative estimate of drug-likeness (QED) is 0.466. The molecule has 41 valence electrons. The van der Waals surface area contributed by atoms with Crippen molar-refractivity contribution in [2.75, 3.05) is 0 Å². The third-order valence-corrected chi connectivity index (χ3v) is 0.302. The number of hydrogen-bond acceptors (Lipinski definition) is 2. The molecule has 0 saturated heterocycles. The summed E-state index contributed by atoms with van der Waals surface area (Å²) in [4.78, 5) is 9.37. The van der Waals surface area contributed by atoms with Crippen LogP contribution in [0, 0.1) is 0 Å². The van der Waals surface area contributed by atoms with Crippen molar-refractivity contribution in [2.24, 2.45) is 0 Å². The molecule has 0 rings (SSSR count). The Morgan fingerprint density at radius 1 is 1.71 bits per heavy atom. The van der Waals surface area contributed by atoms with Crippen molar-refractivity contribution in [1.29, 1.82) is 0 Å². The van der Waals surface area contributed by atoms with E-state index in [9.17, 15) is 4.79 Å². The van der Waals surface area contributed by atoms with Crippen LogP contribution in [0.15, 0.2) is 0 Å². The average Bonchev–Trinajstić information content (AvgIpc) is 1.38. The average molecular weight is 102 g/mol. The second-order valence-electron chi connectivity index (χ2n) is 0.747. The predicted octanol–water partition coefficient (Wildman–Crippen LogP) is 0.262. The molecule has 0 spiro atoms. The fourth-order valence-corrected chi connectivity index (χ4v) is 0. The first-order valence-electron chi connectivity index (χ1n) is 1.49. The van der Waals surface area contributed by atoms with Crippen LogP contribution in [0.3, 0.4) is 0 Å². The molecular weight excluding hydrogens is 92.9 g/mol. The monoisotopic (exact) mass is 102 g/mol. The molecule has 0 aromatic carbocycles. The lowest BCUT2D eigenvalue weighted by Crippen LogP contribution is -1.86. The maximum absolute atomic E-state index is 9.37. The van der Waals surface area contributed by atoms with E-state index in [-0.39, 0.29) is 21.0 Å². The lowest BCUT2D eigenvalue weighted by molar-refractivity contribution is -0.136. The first-order chi connectivity index (χ1) is 2.27. The van der Waals surface area contributed by atoms with Gasteiger partial charge in [0.1, 0.15) is 0 Å². The summed E-state index contributed by atoms with van der Waals surface area (Å²) in [6.07, 6.45) is 0.222. The summed E-state index contributed by atoms with van der Waals surface area (Å²) in [6.45, 7) is 1.60.